The molecule has 0 aromatic carbocycles. The van der Waals surface area contributed by atoms with Gasteiger partial charge in [0.15, 0.2) is 6.10 Å². The van der Waals surface area contributed by atoms with E-state index in [4.69, 9.17) is 23.0 Å². The Labute approximate surface area is 81.3 Å². The molecule has 2 aliphatic rings. The predicted molar refractivity (Wildman–Crippen MR) is 45.4 cm³/mol. The molecule has 1 unspecified atom stereocenters. The lowest BCUT2D eigenvalue weighted by Crippen LogP contribution is -2.16. The molecule has 0 radical (unpaired) electrons. The lowest BCUT2D eigenvalue weighted by atomic mass is 10.4. The van der Waals surface area contributed by atoms with Crippen LogP contribution >= 0.6 is 7.82 Å². The van der Waals surface area contributed by atoms with Gasteiger partial charge in [0.25, 0.3) is 5.95 Å². The molecule has 0 spiro atoms. The number of hydrogen-bond donors (Lipinski definition) is 0. The van der Waals surface area contributed by atoms with E-state index in [2.05, 4.69) is 6.58 Å². The molecule has 0 N–H and O–H groups in total. The van der Waals surface area contributed by atoms with Crippen molar-refractivity contribution in [2.45, 2.75) is 6.10 Å². The van der Waals surface area contributed by atoms with Gasteiger partial charge in [-0.15, -0.1) is 0 Å². The van der Waals surface area contributed by atoms with Crippen LogP contribution < -0.4 is 0 Å². The van der Waals surface area contributed by atoms with Gasteiger partial charge in [0.2, 0.25) is 0 Å². The number of hydrogen-bond acceptors (Lipinski definition) is 6. The summed E-state index contributed by atoms with van der Waals surface area (Å²) in [5.74, 6) is 0.255. The number of ether oxygens (including phenoxy) is 2. The second-order valence-corrected chi connectivity index (χ2v) is 4.50. The van der Waals surface area contributed by atoms with Crippen molar-refractivity contribution in [1.29, 1.82) is 0 Å². The number of phosphoric acid groups is 1. The van der Waals surface area contributed by atoms with Crippen LogP contribution in [0.1, 0.15) is 0 Å². The van der Waals surface area contributed by atoms with Crippen molar-refractivity contribution < 1.29 is 27.6 Å². The molecule has 0 aromatic rings. The molecule has 14 heavy (non-hydrogen) atoms. The summed E-state index contributed by atoms with van der Waals surface area (Å²) in [6.07, 6.45) is -0.291. The molecular weight excluding hydrogens is 211 g/mol. The molecule has 0 amide bonds. The molecule has 0 bridgehead atoms. The van der Waals surface area contributed by atoms with E-state index in [1.807, 2.05) is 0 Å². The van der Waals surface area contributed by atoms with Crippen LogP contribution in [0.4, 0.5) is 0 Å². The van der Waals surface area contributed by atoms with Gasteiger partial charge in [-0.1, -0.05) is 0 Å². The third-order valence-corrected chi connectivity index (χ3v) is 3.19. The predicted octanol–water partition coefficient (Wildman–Crippen LogP) is 1.04. The molecule has 0 aromatic heterocycles. The van der Waals surface area contributed by atoms with Crippen molar-refractivity contribution in [3.8, 4) is 0 Å². The summed E-state index contributed by atoms with van der Waals surface area (Å²) in [5, 5.41) is 0. The molecule has 7 heteroatoms. The molecular formula is C7H11O6P. The van der Waals surface area contributed by atoms with Gasteiger partial charge in [-0.2, -0.15) is 0 Å². The first-order valence-corrected chi connectivity index (χ1v) is 5.66. The second kappa shape index (κ2) is 3.90. The van der Waals surface area contributed by atoms with Gasteiger partial charge in [0.1, 0.15) is 6.61 Å². The fourth-order valence-corrected chi connectivity index (χ4v) is 2.28. The van der Waals surface area contributed by atoms with Crippen molar-refractivity contribution in [2.75, 3.05) is 26.4 Å². The molecule has 2 rings (SSSR count). The topological polar surface area (TPSA) is 63.2 Å². The minimum absolute atomic E-state index is 0.107. The highest BCUT2D eigenvalue weighted by Gasteiger charge is 2.34. The zero-order valence-electron chi connectivity index (χ0n) is 7.51. The lowest BCUT2D eigenvalue weighted by Gasteiger charge is -2.11. The molecule has 2 saturated heterocycles. The van der Waals surface area contributed by atoms with Gasteiger partial charge in [-0.25, -0.2) is 4.57 Å². The van der Waals surface area contributed by atoms with Gasteiger partial charge >= 0.3 is 7.82 Å². The Balaban J connectivity index is 1.76. The SMILES string of the molecule is C=C1OCC(COP2(=O)OCCO2)O1. The smallest absolute Gasteiger partial charge is 0.462 e. The highest BCUT2D eigenvalue weighted by Crippen LogP contribution is 2.52. The lowest BCUT2D eigenvalue weighted by molar-refractivity contribution is 0.0849. The van der Waals surface area contributed by atoms with Crippen LogP contribution in [-0.2, 0) is 27.6 Å². The first-order chi connectivity index (χ1) is 6.68. The van der Waals surface area contributed by atoms with Crippen LogP contribution in [0.5, 0.6) is 0 Å². The summed E-state index contributed by atoms with van der Waals surface area (Å²) in [5.41, 5.74) is 0. The third-order valence-electron chi connectivity index (χ3n) is 1.73. The van der Waals surface area contributed by atoms with Gasteiger partial charge in [-0.3, -0.25) is 13.6 Å². The van der Waals surface area contributed by atoms with E-state index >= 15 is 0 Å². The summed E-state index contributed by atoms with van der Waals surface area (Å²) in [6, 6.07) is 0. The summed E-state index contributed by atoms with van der Waals surface area (Å²) in [7, 11) is -3.31. The van der Waals surface area contributed by atoms with Gasteiger partial charge in [0, 0.05) is 0 Å². The Morgan fingerprint density at radius 3 is 2.79 bits per heavy atom. The summed E-state index contributed by atoms with van der Waals surface area (Å²) in [4.78, 5) is 0. The van der Waals surface area contributed by atoms with E-state index in [1.165, 1.54) is 0 Å². The Kier molecular flexibility index (Phi) is 2.78. The van der Waals surface area contributed by atoms with E-state index in [9.17, 15) is 4.57 Å². The van der Waals surface area contributed by atoms with Gasteiger partial charge in [0.05, 0.1) is 19.8 Å². The van der Waals surface area contributed by atoms with Crippen molar-refractivity contribution in [3.63, 3.8) is 0 Å². The Bertz CT molecular complexity index is 267. The van der Waals surface area contributed by atoms with Crippen LogP contribution in [0.25, 0.3) is 0 Å². The molecule has 2 heterocycles. The molecule has 0 saturated carbocycles. The van der Waals surface area contributed by atoms with E-state index < -0.39 is 7.82 Å². The summed E-state index contributed by atoms with van der Waals surface area (Å²) >= 11 is 0. The Hall–Kier alpha value is -0.550. The van der Waals surface area contributed by atoms with E-state index in [1.54, 1.807) is 0 Å². The maximum atomic E-state index is 11.5. The molecule has 2 fully saturated rings. The van der Waals surface area contributed by atoms with Crippen LogP contribution in [-0.4, -0.2) is 32.5 Å². The molecule has 0 aliphatic carbocycles. The van der Waals surface area contributed by atoms with Crippen molar-refractivity contribution in [2.24, 2.45) is 0 Å². The fourth-order valence-electron chi connectivity index (χ4n) is 1.11. The van der Waals surface area contributed by atoms with Gasteiger partial charge < -0.3 is 9.47 Å². The Morgan fingerprint density at radius 1 is 1.50 bits per heavy atom. The molecule has 80 valence electrons. The molecule has 6 nitrogen and oxygen atoms in total. The molecule has 2 aliphatic heterocycles. The maximum absolute atomic E-state index is 11.5. The van der Waals surface area contributed by atoms with E-state index in [-0.39, 0.29) is 18.7 Å². The van der Waals surface area contributed by atoms with E-state index in [0.717, 1.165) is 0 Å². The van der Waals surface area contributed by atoms with Crippen LogP contribution in [0, 0.1) is 0 Å². The quantitative estimate of drug-likeness (QED) is 0.665. The fraction of sp³-hybridized carbons (Fsp3) is 0.714. The van der Waals surface area contributed by atoms with Crippen molar-refractivity contribution in [1.82, 2.24) is 0 Å². The highest BCUT2D eigenvalue weighted by atomic mass is 31.2. The van der Waals surface area contributed by atoms with Crippen LogP contribution in [0.15, 0.2) is 12.5 Å². The van der Waals surface area contributed by atoms with Gasteiger partial charge in [-0.05, 0) is 6.58 Å². The normalized spacial score (nSPS) is 30.0. The zero-order valence-corrected chi connectivity index (χ0v) is 8.40. The maximum Gasteiger partial charge on any atom is 0.475 e. The first kappa shape index (κ1) is 9.98. The number of phosphoric ester groups is 1. The van der Waals surface area contributed by atoms with Crippen molar-refractivity contribution in [3.05, 3.63) is 12.5 Å². The summed E-state index contributed by atoms with van der Waals surface area (Å²) < 4.78 is 36.1. The average molecular weight is 222 g/mol. The second-order valence-electron chi connectivity index (χ2n) is 2.83. The first-order valence-electron chi connectivity index (χ1n) is 4.20. The standard InChI is InChI=1S/C7H11O6P/c1-6-9-4-7(13-6)5-12-14(8)10-2-3-11-14/h7H,1-5H2. The van der Waals surface area contributed by atoms with Crippen molar-refractivity contribution >= 4 is 7.82 Å². The average Bonchev–Trinajstić information content (AvgIpc) is 2.73. The summed E-state index contributed by atoms with van der Waals surface area (Å²) in [6.45, 7) is 4.52. The molecule has 1 atom stereocenters. The largest absolute Gasteiger partial charge is 0.475 e. The van der Waals surface area contributed by atoms with Crippen LogP contribution in [0.3, 0.4) is 0 Å². The van der Waals surface area contributed by atoms with E-state index in [0.29, 0.717) is 19.8 Å². The number of rotatable bonds is 3. The monoisotopic (exact) mass is 222 g/mol. The minimum Gasteiger partial charge on any atom is -0.462 e. The minimum atomic E-state index is -3.31. The zero-order chi connectivity index (χ0) is 10.0. The highest BCUT2D eigenvalue weighted by molar-refractivity contribution is 7.48. The van der Waals surface area contributed by atoms with Crippen LogP contribution in [0.2, 0.25) is 0 Å². The Morgan fingerprint density at radius 2 is 2.21 bits per heavy atom. The third kappa shape index (κ3) is 2.27.